The number of aromatic nitrogens is 2. The molecule has 2 aromatic heterocycles. The van der Waals surface area contributed by atoms with Crippen LogP contribution in [-0.4, -0.2) is 63.6 Å². The van der Waals surface area contributed by atoms with Crippen LogP contribution in [-0.2, 0) is 4.79 Å². The van der Waals surface area contributed by atoms with Gasteiger partial charge in [0.15, 0.2) is 5.76 Å². The molecule has 29 heavy (non-hydrogen) atoms. The summed E-state index contributed by atoms with van der Waals surface area (Å²) < 4.78 is 7.09. The fourth-order valence-electron chi connectivity index (χ4n) is 4.58. The molecule has 2 unspecified atom stereocenters. The zero-order valence-electron chi connectivity index (χ0n) is 17.3. The van der Waals surface area contributed by atoms with Gasteiger partial charge in [-0.1, -0.05) is 5.16 Å². The number of hydrogen-bond acceptors (Lipinski definition) is 4. The first kappa shape index (κ1) is 21.1. The summed E-state index contributed by atoms with van der Waals surface area (Å²) in [6.07, 6.45) is 6.03. The number of piperazine rings is 1. The van der Waals surface area contributed by atoms with Gasteiger partial charge in [-0.3, -0.25) is 10.2 Å². The molecule has 148 valence electrons. The minimum atomic E-state index is 0. The molecule has 2 saturated heterocycles. The second kappa shape index (κ2) is 8.18. The molecule has 9 heteroatoms. The molecule has 1 N–H and O–H groups in total. The third-order valence-electron chi connectivity index (χ3n) is 6.15. The maximum absolute atomic E-state index is 12.6. The number of carbonyl (C=O) groups excluding carboxylic acids is 1. The van der Waals surface area contributed by atoms with Crippen LogP contribution in [0.3, 0.4) is 0 Å². The Hall–Kier alpha value is -1.13. The molecule has 0 spiro atoms. The molecule has 3 aliphatic rings. The predicted octanol–water partition coefficient (Wildman–Crippen LogP) is -0.367. The van der Waals surface area contributed by atoms with Crippen molar-refractivity contribution in [1.82, 2.24) is 19.6 Å². The normalized spacial score (nSPS) is 23.1. The van der Waals surface area contributed by atoms with Crippen LogP contribution in [0.5, 0.6) is 0 Å². The summed E-state index contributed by atoms with van der Waals surface area (Å²) in [4.78, 5) is 16.9. The van der Waals surface area contributed by atoms with E-state index in [1.165, 1.54) is 0 Å². The van der Waals surface area contributed by atoms with Crippen LogP contribution in [0, 0.1) is 18.3 Å². The first-order valence-corrected chi connectivity index (χ1v) is 9.97. The fraction of sp³-hybridized carbons (Fsp3) is 0.550. The van der Waals surface area contributed by atoms with Crippen LogP contribution in [0.15, 0.2) is 22.9 Å². The maximum Gasteiger partial charge on any atom is 1.00 e. The van der Waals surface area contributed by atoms with E-state index >= 15 is 0 Å². The third-order valence-corrected chi connectivity index (χ3v) is 6.15. The number of amides is 1. The first-order valence-electron chi connectivity index (χ1n) is 9.97. The molecule has 2 aromatic rings. The van der Waals surface area contributed by atoms with Crippen LogP contribution in [0.1, 0.15) is 37.1 Å². The van der Waals surface area contributed by atoms with Gasteiger partial charge in [0, 0.05) is 48.9 Å². The topological polar surface area (TPSA) is 92.5 Å². The molecule has 2 atom stereocenters. The average Bonchev–Trinajstić information content (AvgIpc) is 3.22. The Morgan fingerprint density at radius 2 is 1.90 bits per heavy atom. The second-order valence-corrected chi connectivity index (χ2v) is 8.15. The molecule has 1 aliphatic carbocycles. The molecule has 8 nitrogen and oxygen atoms in total. The van der Waals surface area contributed by atoms with E-state index in [-0.39, 0.29) is 69.4 Å². The Bertz CT molecular complexity index is 919. The van der Waals surface area contributed by atoms with E-state index in [0.717, 1.165) is 55.7 Å². The van der Waals surface area contributed by atoms with Crippen LogP contribution in [0.2, 0.25) is 0 Å². The van der Waals surface area contributed by atoms with Crippen molar-refractivity contribution in [1.29, 1.82) is 5.41 Å². The van der Waals surface area contributed by atoms with Gasteiger partial charge >= 0.3 is 51.4 Å². The second-order valence-electron chi connectivity index (χ2n) is 8.15. The molecule has 0 aromatic carbocycles. The molecule has 2 aliphatic heterocycles. The van der Waals surface area contributed by atoms with E-state index < -0.39 is 0 Å². The molecule has 2 bridgehead atoms. The van der Waals surface area contributed by atoms with Crippen molar-refractivity contribution in [3.63, 3.8) is 0 Å². The molecule has 0 radical (unpaired) electrons. The predicted molar refractivity (Wildman–Crippen MR) is 104 cm³/mol. The summed E-state index contributed by atoms with van der Waals surface area (Å²) >= 11 is 0. The van der Waals surface area contributed by atoms with E-state index in [1.54, 1.807) is 11.7 Å². The summed E-state index contributed by atoms with van der Waals surface area (Å²) in [5.41, 5.74) is 6.70. The van der Waals surface area contributed by atoms with Gasteiger partial charge in [0.2, 0.25) is 5.91 Å². The summed E-state index contributed by atoms with van der Waals surface area (Å²) in [6, 6.07) is 4.26. The van der Waals surface area contributed by atoms with Crippen molar-refractivity contribution in [3.05, 3.63) is 35.1 Å². The monoisotopic (exact) mass is 420 g/mol. The maximum atomic E-state index is 12.6. The number of hydrogen-bond donors (Lipinski definition) is 1. The number of amidine groups is 1. The van der Waals surface area contributed by atoms with Gasteiger partial charge in [-0.2, -0.15) is 0 Å². The standard InChI is InChI=1S/C20H25N6O2.K/c1-12-7-18(28-23-12)14-8-17(25(9-14)22-2)19(21)24-10-15-5-6-16(11-24)26(15)20(27)13-3-4-13;/h7-9,13,15-16,21H,3-6,10-11H2,1-2H3;/q-1;+1. The number of rotatable bonds is 4. The summed E-state index contributed by atoms with van der Waals surface area (Å²) in [5.74, 6) is 1.73. The summed E-state index contributed by atoms with van der Waals surface area (Å²) in [7, 11) is 1.71. The van der Waals surface area contributed by atoms with Crippen molar-refractivity contribution in [2.24, 2.45) is 5.92 Å². The van der Waals surface area contributed by atoms with Crippen molar-refractivity contribution in [2.75, 3.05) is 20.1 Å². The van der Waals surface area contributed by atoms with E-state index in [9.17, 15) is 4.79 Å². The molecule has 1 amide bonds. The molecular formula is C20H25KN6O2. The van der Waals surface area contributed by atoms with Gasteiger partial charge in [0.05, 0.1) is 11.4 Å². The number of nitrogens with zero attached hydrogens (tertiary/aromatic N) is 5. The van der Waals surface area contributed by atoms with Crippen molar-refractivity contribution in [3.8, 4) is 11.3 Å². The van der Waals surface area contributed by atoms with Crippen LogP contribution >= 0.6 is 0 Å². The van der Waals surface area contributed by atoms with Gasteiger partial charge in [0.25, 0.3) is 0 Å². The largest absolute Gasteiger partial charge is 1.00 e. The van der Waals surface area contributed by atoms with E-state index in [4.69, 9.17) is 9.93 Å². The number of carbonyl (C=O) groups is 1. The smallest absolute Gasteiger partial charge is 0.619 e. The first-order chi connectivity index (χ1) is 13.5. The number of nitrogens with one attached hydrogen (secondary N) is 1. The quantitative estimate of drug-likeness (QED) is 0.415. The van der Waals surface area contributed by atoms with Gasteiger partial charge < -0.3 is 24.4 Å². The Morgan fingerprint density at radius 3 is 2.45 bits per heavy atom. The zero-order chi connectivity index (χ0) is 19.4. The SMILES string of the molecule is C[N-]n1cc(-c2cc(C)no2)cc1C(=N)N1CC2CCC(C1)N2C(=O)C1CC1.[K+]. The van der Waals surface area contributed by atoms with E-state index in [1.807, 2.05) is 25.3 Å². The average molecular weight is 421 g/mol. The zero-order valence-corrected chi connectivity index (χ0v) is 20.4. The molecule has 4 heterocycles. The number of aryl methyl sites for hydroxylation is 1. The van der Waals surface area contributed by atoms with Crippen LogP contribution < -0.4 is 51.4 Å². The van der Waals surface area contributed by atoms with Crippen LogP contribution in [0.25, 0.3) is 16.7 Å². The number of likely N-dealkylation sites (tertiary alicyclic amines) is 1. The van der Waals surface area contributed by atoms with Gasteiger partial charge in [-0.15, -0.1) is 7.05 Å². The van der Waals surface area contributed by atoms with Crippen LogP contribution in [0.4, 0.5) is 0 Å². The summed E-state index contributed by atoms with van der Waals surface area (Å²) in [5, 5.41) is 12.8. The van der Waals surface area contributed by atoms with Gasteiger partial charge in [0.1, 0.15) is 5.84 Å². The molecule has 5 rings (SSSR count). The molecule has 3 fully saturated rings. The van der Waals surface area contributed by atoms with Gasteiger partial charge in [-0.25, -0.2) is 0 Å². The minimum Gasteiger partial charge on any atom is -0.619 e. The van der Waals surface area contributed by atoms with E-state index in [0.29, 0.717) is 17.5 Å². The summed E-state index contributed by atoms with van der Waals surface area (Å²) in [6.45, 7) is 3.33. The minimum absolute atomic E-state index is 0. The molecular weight excluding hydrogens is 395 g/mol. The molecule has 1 saturated carbocycles. The number of fused-ring (bicyclic) bond motifs is 2. The van der Waals surface area contributed by atoms with Crippen molar-refractivity contribution >= 4 is 11.7 Å². The Morgan fingerprint density at radius 1 is 1.21 bits per heavy atom. The van der Waals surface area contributed by atoms with Crippen molar-refractivity contribution in [2.45, 2.75) is 44.7 Å². The third kappa shape index (κ3) is 3.83. The Labute approximate surface area is 212 Å². The van der Waals surface area contributed by atoms with E-state index in [2.05, 4.69) is 20.4 Å². The van der Waals surface area contributed by atoms with Gasteiger partial charge in [-0.05, 0) is 38.7 Å². The Kier molecular flexibility index (Phi) is 5.96. The Balaban J connectivity index is 0.00000205. The fourth-order valence-corrected chi connectivity index (χ4v) is 4.58. The van der Waals surface area contributed by atoms with Crippen molar-refractivity contribution < 1.29 is 60.7 Å².